The summed E-state index contributed by atoms with van der Waals surface area (Å²) in [5.41, 5.74) is 0.538. The Balaban J connectivity index is 4.24. The second-order valence-electron chi connectivity index (χ2n) is 4.60. The van der Waals surface area contributed by atoms with Crippen molar-refractivity contribution in [2.45, 2.75) is 53.1 Å². The third-order valence-electron chi connectivity index (χ3n) is 2.43. The van der Waals surface area contributed by atoms with Gasteiger partial charge in [-0.2, -0.15) is 0 Å². The zero-order valence-corrected chi connectivity index (χ0v) is 11.2. The minimum Gasteiger partial charge on any atom is -0.462 e. The van der Waals surface area contributed by atoms with Crippen LogP contribution in [0.3, 0.4) is 0 Å². The summed E-state index contributed by atoms with van der Waals surface area (Å²) in [6.07, 6.45) is 0.844. The average Bonchev–Trinajstić information content (AvgIpc) is 2.20. The molecule has 3 heteroatoms. The van der Waals surface area contributed by atoms with Gasteiger partial charge in [-0.05, 0) is 34.1 Å². The Hall–Kier alpha value is -0.830. The van der Waals surface area contributed by atoms with Crippen molar-refractivity contribution < 1.29 is 9.53 Å². The van der Waals surface area contributed by atoms with Crippen LogP contribution in [0, 0.1) is 0 Å². The molecule has 0 aromatic heterocycles. The first-order chi connectivity index (χ1) is 7.40. The van der Waals surface area contributed by atoms with Crippen LogP contribution in [-0.2, 0) is 9.53 Å². The molecule has 0 rings (SSSR count). The molecule has 0 aromatic carbocycles. The summed E-state index contributed by atoms with van der Waals surface area (Å²) in [7, 11) is 0. The molecule has 94 valence electrons. The van der Waals surface area contributed by atoms with Crippen molar-refractivity contribution in [3.63, 3.8) is 0 Å². The fourth-order valence-corrected chi connectivity index (χ4v) is 1.54. The first-order valence-electron chi connectivity index (χ1n) is 6.00. The van der Waals surface area contributed by atoms with E-state index in [1.807, 2.05) is 6.92 Å². The maximum absolute atomic E-state index is 11.5. The zero-order chi connectivity index (χ0) is 12.7. The molecule has 0 unspecified atom stereocenters. The summed E-state index contributed by atoms with van der Waals surface area (Å²) in [5.74, 6) is -0.270. The molecule has 3 nitrogen and oxygen atoms in total. The third kappa shape index (κ3) is 5.31. The number of rotatable bonds is 7. The lowest BCUT2D eigenvalue weighted by molar-refractivity contribution is -0.139. The first-order valence-corrected chi connectivity index (χ1v) is 6.00. The third-order valence-corrected chi connectivity index (χ3v) is 2.43. The molecule has 0 atom stereocenters. The highest BCUT2D eigenvalue weighted by atomic mass is 16.5. The van der Waals surface area contributed by atoms with E-state index < -0.39 is 0 Å². The molecule has 0 fully saturated rings. The van der Waals surface area contributed by atoms with Crippen LogP contribution in [0.4, 0.5) is 0 Å². The smallest absolute Gasteiger partial charge is 0.334 e. The molecule has 0 radical (unpaired) electrons. The van der Waals surface area contributed by atoms with E-state index in [1.54, 1.807) is 0 Å². The molecule has 0 saturated heterocycles. The van der Waals surface area contributed by atoms with Gasteiger partial charge in [0.05, 0.1) is 6.61 Å². The molecule has 0 spiro atoms. The average molecular weight is 227 g/mol. The lowest BCUT2D eigenvalue weighted by Crippen LogP contribution is -2.39. The highest BCUT2D eigenvalue weighted by Gasteiger charge is 2.18. The van der Waals surface area contributed by atoms with Gasteiger partial charge in [-0.1, -0.05) is 13.5 Å². The molecule has 0 aliphatic rings. The SMILES string of the molecule is C=C(CN(C(C)C)C(C)C)C(=O)OCCC. The maximum atomic E-state index is 11.5. The van der Waals surface area contributed by atoms with E-state index >= 15 is 0 Å². The van der Waals surface area contributed by atoms with Gasteiger partial charge in [-0.25, -0.2) is 4.79 Å². The standard InChI is InChI=1S/C13H25NO2/c1-7-8-16-13(15)12(6)9-14(10(2)3)11(4)5/h10-11H,6-9H2,1-5H3. The van der Waals surface area contributed by atoms with E-state index in [-0.39, 0.29) is 5.97 Å². The van der Waals surface area contributed by atoms with Gasteiger partial charge < -0.3 is 4.74 Å². The monoisotopic (exact) mass is 227 g/mol. The Morgan fingerprint density at radius 2 is 1.75 bits per heavy atom. The predicted octanol–water partition coefficient (Wildman–Crippen LogP) is 2.61. The van der Waals surface area contributed by atoms with Gasteiger partial charge in [0.25, 0.3) is 0 Å². The van der Waals surface area contributed by atoms with E-state index in [2.05, 4.69) is 39.2 Å². The van der Waals surface area contributed by atoms with E-state index in [4.69, 9.17) is 4.74 Å². The second kappa shape index (κ2) is 7.44. The highest BCUT2D eigenvalue weighted by Crippen LogP contribution is 2.09. The molecular weight excluding hydrogens is 202 g/mol. The summed E-state index contributed by atoms with van der Waals surface area (Å²) in [4.78, 5) is 13.8. The van der Waals surface area contributed by atoms with Gasteiger partial charge in [0, 0.05) is 24.2 Å². The second-order valence-corrected chi connectivity index (χ2v) is 4.60. The molecule has 0 heterocycles. The molecule has 0 saturated carbocycles. The van der Waals surface area contributed by atoms with Crippen molar-refractivity contribution >= 4 is 5.97 Å². The lowest BCUT2D eigenvalue weighted by atomic mass is 10.2. The quantitative estimate of drug-likeness (QED) is 0.494. The van der Waals surface area contributed by atoms with Crippen LogP contribution in [0.5, 0.6) is 0 Å². The topological polar surface area (TPSA) is 29.5 Å². The normalized spacial score (nSPS) is 11.2. The van der Waals surface area contributed by atoms with Gasteiger partial charge in [0.15, 0.2) is 0 Å². The Bertz CT molecular complexity index is 226. The molecule has 0 bridgehead atoms. The number of nitrogens with zero attached hydrogens (tertiary/aromatic N) is 1. The summed E-state index contributed by atoms with van der Waals surface area (Å²) in [5, 5.41) is 0. The molecule has 0 amide bonds. The number of hydrogen-bond donors (Lipinski definition) is 0. The van der Waals surface area contributed by atoms with Crippen molar-refractivity contribution in [2.75, 3.05) is 13.2 Å². The minimum absolute atomic E-state index is 0.270. The van der Waals surface area contributed by atoms with E-state index in [9.17, 15) is 4.79 Å². The Kier molecular flexibility index (Phi) is 7.06. The molecule has 0 aromatic rings. The van der Waals surface area contributed by atoms with Gasteiger partial charge >= 0.3 is 5.97 Å². The largest absolute Gasteiger partial charge is 0.462 e. The summed E-state index contributed by atoms with van der Waals surface area (Å²) in [6, 6.07) is 0.798. The first kappa shape index (κ1) is 15.2. The van der Waals surface area contributed by atoms with Crippen LogP contribution in [0.2, 0.25) is 0 Å². The number of hydrogen-bond acceptors (Lipinski definition) is 3. The summed E-state index contributed by atoms with van der Waals surface area (Å²) in [6.45, 7) is 15.3. The van der Waals surface area contributed by atoms with Crippen LogP contribution in [0.25, 0.3) is 0 Å². The van der Waals surface area contributed by atoms with Crippen LogP contribution in [0.15, 0.2) is 12.2 Å². The van der Waals surface area contributed by atoms with Crippen molar-refractivity contribution in [2.24, 2.45) is 0 Å². The summed E-state index contributed by atoms with van der Waals surface area (Å²) < 4.78 is 5.05. The van der Waals surface area contributed by atoms with E-state index in [1.165, 1.54) is 0 Å². The molecule has 0 N–H and O–H groups in total. The minimum atomic E-state index is -0.270. The number of carbonyl (C=O) groups excluding carboxylic acids is 1. The number of esters is 1. The molecular formula is C13H25NO2. The van der Waals surface area contributed by atoms with Gasteiger partial charge in [-0.3, -0.25) is 4.90 Å². The van der Waals surface area contributed by atoms with Crippen LogP contribution >= 0.6 is 0 Å². The van der Waals surface area contributed by atoms with Crippen LogP contribution < -0.4 is 0 Å². The zero-order valence-electron chi connectivity index (χ0n) is 11.2. The summed E-state index contributed by atoms with van der Waals surface area (Å²) >= 11 is 0. The highest BCUT2D eigenvalue weighted by molar-refractivity contribution is 5.88. The Labute approximate surface area is 99.5 Å². The molecule has 0 aliphatic carbocycles. The predicted molar refractivity (Wildman–Crippen MR) is 67.4 cm³/mol. The van der Waals surface area contributed by atoms with Gasteiger partial charge in [0.1, 0.15) is 0 Å². The number of carbonyl (C=O) groups is 1. The van der Waals surface area contributed by atoms with Gasteiger partial charge in [-0.15, -0.1) is 0 Å². The molecule has 16 heavy (non-hydrogen) atoms. The van der Waals surface area contributed by atoms with Gasteiger partial charge in [0.2, 0.25) is 0 Å². The van der Waals surface area contributed by atoms with Crippen molar-refractivity contribution in [3.8, 4) is 0 Å². The Morgan fingerprint density at radius 1 is 1.25 bits per heavy atom. The van der Waals surface area contributed by atoms with E-state index in [0.717, 1.165) is 6.42 Å². The maximum Gasteiger partial charge on any atom is 0.334 e. The number of ether oxygens (including phenoxy) is 1. The fraction of sp³-hybridized carbons (Fsp3) is 0.769. The lowest BCUT2D eigenvalue weighted by Gasteiger charge is -2.30. The van der Waals surface area contributed by atoms with Crippen molar-refractivity contribution in [1.82, 2.24) is 4.90 Å². The molecule has 0 aliphatic heterocycles. The Morgan fingerprint density at radius 3 is 2.12 bits per heavy atom. The van der Waals surface area contributed by atoms with Crippen molar-refractivity contribution in [1.29, 1.82) is 0 Å². The van der Waals surface area contributed by atoms with Crippen molar-refractivity contribution in [3.05, 3.63) is 12.2 Å². The fourth-order valence-electron chi connectivity index (χ4n) is 1.54. The van der Waals surface area contributed by atoms with Crippen LogP contribution in [0.1, 0.15) is 41.0 Å². The van der Waals surface area contributed by atoms with Crippen LogP contribution in [-0.4, -0.2) is 36.1 Å². The van der Waals surface area contributed by atoms with E-state index in [0.29, 0.717) is 30.8 Å².